The summed E-state index contributed by atoms with van der Waals surface area (Å²) in [7, 11) is 0. The summed E-state index contributed by atoms with van der Waals surface area (Å²) in [5, 5.41) is 7.57. The number of nitrogens with one attached hydrogen (secondary N) is 3. The second-order valence-electron chi connectivity index (χ2n) is 6.89. The fraction of sp³-hybridized carbons (Fsp3) is 0.238. The van der Waals surface area contributed by atoms with E-state index < -0.39 is 0 Å². The molecule has 28 heavy (non-hydrogen) atoms. The van der Waals surface area contributed by atoms with Gasteiger partial charge in [-0.15, -0.1) is 0 Å². The van der Waals surface area contributed by atoms with Crippen LogP contribution in [-0.4, -0.2) is 36.1 Å². The number of benzene rings is 2. The summed E-state index contributed by atoms with van der Waals surface area (Å²) in [4.78, 5) is 29.4. The van der Waals surface area contributed by atoms with Gasteiger partial charge in [0.25, 0.3) is 0 Å². The van der Waals surface area contributed by atoms with Gasteiger partial charge in [-0.1, -0.05) is 29.8 Å². The quantitative estimate of drug-likeness (QED) is 0.617. The summed E-state index contributed by atoms with van der Waals surface area (Å²) in [5.41, 5.74) is 3.05. The van der Waals surface area contributed by atoms with Gasteiger partial charge in [0.05, 0.1) is 6.04 Å². The Morgan fingerprint density at radius 3 is 2.79 bits per heavy atom. The molecule has 0 spiro atoms. The number of amides is 3. The van der Waals surface area contributed by atoms with Crippen molar-refractivity contribution in [3.63, 3.8) is 0 Å². The first-order chi connectivity index (χ1) is 13.6. The molecule has 1 aromatic heterocycles. The highest BCUT2D eigenvalue weighted by molar-refractivity contribution is 6.30. The Bertz CT molecular complexity index is 999. The molecule has 0 aliphatic carbocycles. The number of hydrogen-bond donors (Lipinski definition) is 3. The highest BCUT2D eigenvalue weighted by atomic mass is 35.5. The average Bonchev–Trinajstić information content (AvgIpc) is 3.26. The van der Waals surface area contributed by atoms with E-state index >= 15 is 0 Å². The van der Waals surface area contributed by atoms with E-state index in [0.717, 1.165) is 17.6 Å². The van der Waals surface area contributed by atoms with Gasteiger partial charge in [0.2, 0.25) is 5.91 Å². The number of H-pyrrole nitrogens is 1. The summed E-state index contributed by atoms with van der Waals surface area (Å²) in [6, 6.07) is 14.7. The number of nitrogens with zero attached hydrogens (tertiary/aromatic N) is 1. The van der Waals surface area contributed by atoms with Crippen molar-refractivity contribution in [2.45, 2.75) is 18.9 Å². The summed E-state index contributed by atoms with van der Waals surface area (Å²) in [6.07, 6.45) is 3.00. The van der Waals surface area contributed by atoms with Crippen LogP contribution in [0.4, 0.5) is 10.5 Å². The largest absolute Gasteiger partial charge is 0.361 e. The highest BCUT2D eigenvalue weighted by Gasteiger charge is 2.31. The Kier molecular flexibility index (Phi) is 5.21. The molecule has 1 atom stereocenters. The van der Waals surface area contributed by atoms with Crippen LogP contribution in [-0.2, 0) is 11.2 Å². The van der Waals surface area contributed by atoms with Gasteiger partial charge in [-0.05, 0) is 42.3 Å². The molecular formula is C21H21ClN4O2. The smallest absolute Gasteiger partial charge is 0.315 e. The van der Waals surface area contributed by atoms with Crippen molar-refractivity contribution in [2.24, 2.45) is 0 Å². The Morgan fingerprint density at radius 2 is 1.96 bits per heavy atom. The molecule has 4 rings (SSSR count). The highest BCUT2D eigenvalue weighted by Crippen LogP contribution is 2.23. The lowest BCUT2D eigenvalue weighted by atomic mass is 10.1. The molecule has 7 heteroatoms. The molecular weight excluding hydrogens is 376 g/mol. The number of aromatic amines is 1. The van der Waals surface area contributed by atoms with E-state index in [1.54, 1.807) is 17.0 Å². The molecule has 6 nitrogen and oxygen atoms in total. The summed E-state index contributed by atoms with van der Waals surface area (Å²) in [6.45, 7) is 0.978. The van der Waals surface area contributed by atoms with Crippen molar-refractivity contribution in [1.82, 2.24) is 15.6 Å². The fourth-order valence-corrected chi connectivity index (χ4v) is 3.69. The molecule has 0 radical (unpaired) electrons. The van der Waals surface area contributed by atoms with Crippen molar-refractivity contribution >= 4 is 40.1 Å². The van der Waals surface area contributed by atoms with E-state index in [1.807, 2.05) is 36.5 Å². The van der Waals surface area contributed by atoms with Gasteiger partial charge in [0.15, 0.2) is 0 Å². The fourth-order valence-electron chi connectivity index (χ4n) is 3.56. The van der Waals surface area contributed by atoms with Crippen molar-refractivity contribution in [3.8, 4) is 0 Å². The lowest BCUT2D eigenvalue weighted by Gasteiger charge is -2.17. The standard InChI is InChI=1S/C21H21ClN4O2/c22-15-5-7-17(8-6-15)26-13-16(11-20(26)27)25-21(28)23-10-9-14-12-24-19-4-2-1-3-18(14)19/h1-8,12,16,24H,9-11,13H2,(H2,23,25,28). The van der Waals surface area contributed by atoms with Gasteiger partial charge in [0, 0.05) is 47.3 Å². The van der Waals surface area contributed by atoms with Crippen LogP contribution in [0.15, 0.2) is 54.7 Å². The topological polar surface area (TPSA) is 77.2 Å². The zero-order chi connectivity index (χ0) is 19.5. The van der Waals surface area contributed by atoms with Crippen LogP contribution >= 0.6 is 11.6 Å². The van der Waals surface area contributed by atoms with Gasteiger partial charge >= 0.3 is 6.03 Å². The molecule has 3 amide bonds. The summed E-state index contributed by atoms with van der Waals surface area (Å²) >= 11 is 5.90. The van der Waals surface area contributed by atoms with E-state index in [4.69, 9.17) is 11.6 Å². The van der Waals surface area contributed by atoms with E-state index in [2.05, 4.69) is 21.7 Å². The maximum absolute atomic E-state index is 12.3. The van der Waals surface area contributed by atoms with Gasteiger partial charge < -0.3 is 20.5 Å². The van der Waals surface area contributed by atoms with Crippen LogP contribution in [0.2, 0.25) is 5.02 Å². The molecule has 0 bridgehead atoms. The Hall–Kier alpha value is -2.99. The normalized spacial score (nSPS) is 16.5. The van der Waals surface area contributed by atoms with E-state index in [9.17, 15) is 9.59 Å². The van der Waals surface area contributed by atoms with E-state index in [1.165, 1.54) is 10.9 Å². The molecule has 144 valence electrons. The number of hydrogen-bond acceptors (Lipinski definition) is 2. The van der Waals surface area contributed by atoms with Gasteiger partial charge in [-0.2, -0.15) is 0 Å². The zero-order valence-electron chi connectivity index (χ0n) is 15.2. The lowest BCUT2D eigenvalue weighted by Crippen LogP contribution is -2.43. The van der Waals surface area contributed by atoms with Crippen molar-refractivity contribution in [1.29, 1.82) is 0 Å². The molecule has 1 unspecified atom stereocenters. The minimum atomic E-state index is -0.254. The van der Waals surface area contributed by atoms with Gasteiger partial charge in [-0.3, -0.25) is 4.79 Å². The van der Waals surface area contributed by atoms with Gasteiger partial charge in [0.1, 0.15) is 0 Å². The lowest BCUT2D eigenvalue weighted by molar-refractivity contribution is -0.117. The first-order valence-corrected chi connectivity index (χ1v) is 9.63. The number of carbonyl (C=O) groups is 2. The zero-order valence-corrected chi connectivity index (χ0v) is 16.0. The number of aromatic nitrogens is 1. The van der Waals surface area contributed by atoms with Crippen LogP contribution in [0.5, 0.6) is 0 Å². The second-order valence-corrected chi connectivity index (χ2v) is 7.33. The monoisotopic (exact) mass is 396 g/mol. The summed E-state index contributed by atoms with van der Waals surface area (Å²) in [5.74, 6) is -0.00795. The first-order valence-electron chi connectivity index (χ1n) is 9.25. The van der Waals surface area contributed by atoms with Crippen LogP contribution in [0.25, 0.3) is 10.9 Å². The molecule has 1 aliphatic heterocycles. The molecule has 1 saturated heterocycles. The Morgan fingerprint density at radius 1 is 1.18 bits per heavy atom. The predicted molar refractivity (Wildman–Crippen MR) is 111 cm³/mol. The van der Waals surface area contributed by atoms with Crippen molar-refractivity contribution < 1.29 is 9.59 Å². The number of halogens is 1. The number of rotatable bonds is 5. The Balaban J connectivity index is 1.27. The SMILES string of the molecule is O=C(NCCc1c[nH]c2ccccc12)NC1CC(=O)N(c2ccc(Cl)cc2)C1. The third-order valence-electron chi connectivity index (χ3n) is 4.95. The third-order valence-corrected chi connectivity index (χ3v) is 5.21. The van der Waals surface area contributed by atoms with Crippen LogP contribution in [0.1, 0.15) is 12.0 Å². The molecule has 1 aliphatic rings. The minimum absolute atomic E-state index is 0.00795. The molecule has 1 fully saturated rings. The van der Waals surface area contributed by atoms with Gasteiger partial charge in [-0.25, -0.2) is 4.79 Å². The third kappa shape index (κ3) is 3.97. The minimum Gasteiger partial charge on any atom is -0.361 e. The number of fused-ring (bicyclic) bond motifs is 1. The number of carbonyl (C=O) groups excluding carboxylic acids is 2. The molecule has 3 N–H and O–H groups in total. The van der Waals surface area contributed by atoms with Crippen molar-refractivity contribution in [2.75, 3.05) is 18.0 Å². The molecule has 3 aromatic rings. The first kappa shape index (κ1) is 18.4. The maximum Gasteiger partial charge on any atom is 0.315 e. The molecule has 0 saturated carbocycles. The van der Waals surface area contributed by atoms with E-state index in [-0.39, 0.29) is 18.0 Å². The van der Waals surface area contributed by atoms with Crippen LogP contribution in [0.3, 0.4) is 0 Å². The van der Waals surface area contributed by atoms with Crippen LogP contribution < -0.4 is 15.5 Å². The predicted octanol–water partition coefficient (Wildman–Crippen LogP) is 3.47. The number of anilines is 1. The molecule has 2 heterocycles. The number of para-hydroxylation sites is 1. The Labute approximate surface area is 167 Å². The number of urea groups is 1. The van der Waals surface area contributed by atoms with E-state index in [0.29, 0.717) is 24.5 Å². The second kappa shape index (κ2) is 7.94. The molecule has 2 aromatic carbocycles. The maximum atomic E-state index is 12.3. The average molecular weight is 397 g/mol. The van der Waals surface area contributed by atoms with Crippen LogP contribution in [0, 0.1) is 0 Å². The summed E-state index contributed by atoms with van der Waals surface area (Å²) < 4.78 is 0. The van der Waals surface area contributed by atoms with Crippen molar-refractivity contribution in [3.05, 3.63) is 65.3 Å².